The highest BCUT2D eigenvalue weighted by Gasteiger charge is 2.57. The van der Waals surface area contributed by atoms with Gasteiger partial charge in [0.05, 0.1) is 0 Å². The lowest BCUT2D eigenvalue weighted by atomic mass is 10.0. The SMILES string of the molecule is CC1(C)C(CO)C1c1ccc2c(c1)OCCO2. The van der Waals surface area contributed by atoms with E-state index < -0.39 is 0 Å². The van der Waals surface area contributed by atoms with E-state index in [-0.39, 0.29) is 12.0 Å². The molecule has 1 aromatic rings. The largest absolute Gasteiger partial charge is 0.486 e. The second-order valence-corrected chi connectivity index (χ2v) is 5.49. The van der Waals surface area contributed by atoms with E-state index in [1.165, 1.54) is 5.56 Å². The number of hydrogen-bond donors (Lipinski definition) is 1. The lowest BCUT2D eigenvalue weighted by molar-refractivity contribution is 0.171. The zero-order valence-electron chi connectivity index (χ0n) is 10.3. The first kappa shape index (κ1) is 10.9. The van der Waals surface area contributed by atoms with Gasteiger partial charge in [0.2, 0.25) is 0 Å². The minimum atomic E-state index is 0.193. The number of hydrogen-bond acceptors (Lipinski definition) is 3. The molecule has 3 nitrogen and oxygen atoms in total. The summed E-state index contributed by atoms with van der Waals surface area (Å²) < 4.78 is 11.1. The van der Waals surface area contributed by atoms with E-state index in [0.717, 1.165) is 11.5 Å². The summed E-state index contributed by atoms with van der Waals surface area (Å²) >= 11 is 0. The third kappa shape index (κ3) is 1.61. The fourth-order valence-electron chi connectivity index (χ4n) is 3.00. The molecule has 92 valence electrons. The Morgan fingerprint density at radius 2 is 1.94 bits per heavy atom. The first-order valence-electron chi connectivity index (χ1n) is 6.15. The predicted octanol–water partition coefficient (Wildman–Crippen LogP) is 2.19. The molecule has 1 heterocycles. The topological polar surface area (TPSA) is 38.7 Å². The minimum Gasteiger partial charge on any atom is -0.486 e. The Labute approximate surface area is 101 Å². The van der Waals surface area contributed by atoms with Crippen LogP contribution < -0.4 is 9.47 Å². The third-order valence-corrected chi connectivity index (χ3v) is 4.17. The Morgan fingerprint density at radius 3 is 2.59 bits per heavy atom. The molecule has 1 aromatic carbocycles. The van der Waals surface area contributed by atoms with Gasteiger partial charge in [0.15, 0.2) is 11.5 Å². The number of aliphatic hydroxyl groups is 1. The van der Waals surface area contributed by atoms with E-state index in [1.54, 1.807) is 0 Å². The molecule has 0 aromatic heterocycles. The summed E-state index contributed by atoms with van der Waals surface area (Å²) in [4.78, 5) is 0. The molecule has 3 heteroatoms. The highest BCUT2D eigenvalue weighted by molar-refractivity contribution is 5.47. The number of fused-ring (bicyclic) bond motifs is 1. The second kappa shape index (κ2) is 3.64. The van der Waals surface area contributed by atoms with Crippen molar-refractivity contribution in [2.75, 3.05) is 19.8 Å². The lowest BCUT2D eigenvalue weighted by Crippen LogP contribution is -2.15. The fourth-order valence-corrected chi connectivity index (χ4v) is 3.00. The standard InChI is InChI=1S/C14H18O3/c1-14(2)10(8-15)13(14)9-3-4-11-12(7-9)17-6-5-16-11/h3-4,7,10,13,15H,5-6,8H2,1-2H3. The van der Waals surface area contributed by atoms with Gasteiger partial charge in [-0.1, -0.05) is 19.9 Å². The smallest absolute Gasteiger partial charge is 0.161 e. The molecule has 1 N–H and O–H groups in total. The molecule has 0 saturated heterocycles. The molecule has 17 heavy (non-hydrogen) atoms. The maximum atomic E-state index is 9.36. The maximum Gasteiger partial charge on any atom is 0.161 e. The van der Waals surface area contributed by atoms with Crippen LogP contribution in [0.25, 0.3) is 0 Å². The van der Waals surface area contributed by atoms with Crippen molar-refractivity contribution < 1.29 is 14.6 Å². The van der Waals surface area contributed by atoms with Crippen LogP contribution >= 0.6 is 0 Å². The summed E-state index contributed by atoms with van der Waals surface area (Å²) in [6.45, 7) is 5.91. The van der Waals surface area contributed by atoms with E-state index in [4.69, 9.17) is 9.47 Å². The van der Waals surface area contributed by atoms with Crippen LogP contribution in [0.15, 0.2) is 18.2 Å². The van der Waals surface area contributed by atoms with E-state index >= 15 is 0 Å². The Hall–Kier alpha value is -1.22. The molecule has 2 aliphatic rings. The van der Waals surface area contributed by atoms with Crippen molar-refractivity contribution in [1.29, 1.82) is 0 Å². The van der Waals surface area contributed by atoms with Gasteiger partial charge in [0, 0.05) is 6.61 Å². The summed E-state index contributed by atoms with van der Waals surface area (Å²) in [6.07, 6.45) is 0. The van der Waals surface area contributed by atoms with Crippen LogP contribution in [0.4, 0.5) is 0 Å². The normalized spacial score (nSPS) is 28.9. The lowest BCUT2D eigenvalue weighted by Gasteiger charge is -2.19. The average Bonchev–Trinajstić information content (AvgIpc) is 2.90. The van der Waals surface area contributed by atoms with Gasteiger partial charge in [-0.25, -0.2) is 0 Å². The van der Waals surface area contributed by atoms with Crippen molar-refractivity contribution in [1.82, 2.24) is 0 Å². The molecule has 2 atom stereocenters. The van der Waals surface area contributed by atoms with E-state index in [1.807, 2.05) is 6.07 Å². The predicted molar refractivity (Wildman–Crippen MR) is 64.5 cm³/mol. The van der Waals surface area contributed by atoms with Crippen molar-refractivity contribution in [3.63, 3.8) is 0 Å². The number of benzene rings is 1. The molecule has 1 fully saturated rings. The maximum absolute atomic E-state index is 9.36. The van der Waals surface area contributed by atoms with Crippen LogP contribution in [-0.2, 0) is 0 Å². The summed E-state index contributed by atoms with van der Waals surface area (Å²) in [5, 5.41) is 9.36. The number of ether oxygens (including phenoxy) is 2. The molecule has 0 radical (unpaired) electrons. The molecular formula is C14H18O3. The molecular weight excluding hydrogens is 216 g/mol. The average molecular weight is 234 g/mol. The molecule has 1 aliphatic heterocycles. The Balaban J connectivity index is 1.90. The van der Waals surface area contributed by atoms with Crippen LogP contribution in [0.1, 0.15) is 25.3 Å². The van der Waals surface area contributed by atoms with Crippen LogP contribution in [0.3, 0.4) is 0 Å². The first-order chi connectivity index (χ1) is 8.14. The Morgan fingerprint density at radius 1 is 1.24 bits per heavy atom. The van der Waals surface area contributed by atoms with Crippen LogP contribution in [0.5, 0.6) is 11.5 Å². The van der Waals surface area contributed by atoms with E-state index in [0.29, 0.717) is 25.0 Å². The second-order valence-electron chi connectivity index (χ2n) is 5.49. The van der Waals surface area contributed by atoms with Gasteiger partial charge in [-0.15, -0.1) is 0 Å². The third-order valence-electron chi connectivity index (χ3n) is 4.17. The van der Waals surface area contributed by atoms with Crippen molar-refractivity contribution in [2.24, 2.45) is 11.3 Å². The Bertz CT molecular complexity index is 439. The van der Waals surface area contributed by atoms with Crippen molar-refractivity contribution in [3.05, 3.63) is 23.8 Å². The zero-order chi connectivity index (χ0) is 12.0. The van der Waals surface area contributed by atoms with Crippen LogP contribution in [0.2, 0.25) is 0 Å². The highest BCUT2D eigenvalue weighted by atomic mass is 16.6. The minimum absolute atomic E-state index is 0.193. The van der Waals surface area contributed by atoms with Crippen LogP contribution in [0, 0.1) is 11.3 Å². The molecule has 2 unspecified atom stereocenters. The van der Waals surface area contributed by atoms with Crippen molar-refractivity contribution in [2.45, 2.75) is 19.8 Å². The summed E-state index contributed by atoms with van der Waals surface area (Å²) in [6, 6.07) is 6.14. The van der Waals surface area contributed by atoms with Crippen molar-refractivity contribution >= 4 is 0 Å². The summed E-state index contributed by atoms with van der Waals surface area (Å²) in [5.74, 6) is 2.47. The molecule has 3 rings (SSSR count). The fraction of sp³-hybridized carbons (Fsp3) is 0.571. The van der Waals surface area contributed by atoms with Gasteiger partial charge in [-0.05, 0) is 34.9 Å². The molecule has 1 saturated carbocycles. The zero-order valence-corrected chi connectivity index (χ0v) is 10.3. The van der Waals surface area contributed by atoms with Gasteiger partial charge in [0.25, 0.3) is 0 Å². The molecule has 0 bridgehead atoms. The van der Waals surface area contributed by atoms with E-state index in [9.17, 15) is 5.11 Å². The van der Waals surface area contributed by atoms with Gasteiger partial charge >= 0.3 is 0 Å². The first-order valence-corrected chi connectivity index (χ1v) is 6.15. The molecule has 1 aliphatic carbocycles. The van der Waals surface area contributed by atoms with Crippen LogP contribution in [-0.4, -0.2) is 24.9 Å². The monoisotopic (exact) mass is 234 g/mol. The quantitative estimate of drug-likeness (QED) is 0.852. The van der Waals surface area contributed by atoms with Gasteiger partial charge in [0.1, 0.15) is 13.2 Å². The van der Waals surface area contributed by atoms with E-state index in [2.05, 4.69) is 26.0 Å². The Kier molecular flexibility index (Phi) is 2.33. The number of rotatable bonds is 2. The number of aliphatic hydroxyl groups excluding tert-OH is 1. The van der Waals surface area contributed by atoms with Gasteiger partial charge < -0.3 is 14.6 Å². The molecule has 0 amide bonds. The van der Waals surface area contributed by atoms with Gasteiger partial charge in [-0.3, -0.25) is 0 Å². The highest BCUT2D eigenvalue weighted by Crippen LogP contribution is 2.64. The molecule has 0 spiro atoms. The van der Waals surface area contributed by atoms with Crippen molar-refractivity contribution in [3.8, 4) is 11.5 Å². The summed E-state index contributed by atoms with van der Waals surface area (Å²) in [7, 11) is 0. The van der Waals surface area contributed by atoms with Gasteiger partial charge in [-0.2, -0.15) is 0 Å². The summed E-state index contributed by atoms with van der Waals surface area (Å²) in [5.41, 5.74) is 1.44.